The number of sulfone groups is 1. The van der Waals surface area contributed by atoms with E-state index in [1.807, 2.05) is 35.4 Å². The van der Waals surface area contributed by atoms with Crippen LogP contribution in [0.25, 0.3) is 10.9 Å². The molecule has 0 unspecified atom stereocenters. The van der Waals surface area contributed by atoms with E-state index in [-0.39, 0.29) is 29.2 Å². The fraction of sp³-hybridized carbons (Fsp3) is 0.296. The van der Waals surface area contributed by atoms with Crippen molar-refractivity contribution in [3.63, 3.8) is 0 Å². The van der Waals surface area contributed by atoms with E-state index in [2.05, 4.69) is 15.3 Å². The van der Waals surface area contributed by atoms with Gasteiger partial charge in [0.05, 0.1) is 16.3 Å². The van der Waals surface area contributed by atoms with Crippen molar-refractivity contribution >= 4 is 43.9 Å². The van der Waals surface area contributed by atoms with E-state index in [1.165, 1.54) is 23.5 Å². The van der Waals surface area contributed by atoms with Crippen LogP contribution in [-0.2, 0) is 27.6 Å². The Bertz CT molecular complexity index is 1530. The number of fused-ring (bicyclic) bond motifs is 1. The average molecular weight is 537 g/mol. The van der Waals surface area contributed by atoms with Crippen LogP contribution in [0.2, 0.25) is 0 Å². The zero-order valence-electron chi connectivity index (χ0n) is 20.4. The summed E-state index contributed by atoms with van der Waals surface area (Å²) in [5.41, 5.74) is 3.24. The number of benzene rings is 2. The van der Waals surface area contributed by atoms with Crippen LogP contribution in [0.15, 0.2) is 65.0 Å². The first-order valence-electron chi connectivity index (χ1n) is 12.1. The van der Waals surface area contributed by atoms with Gasteiger partial charge in [0.15, 0.2) is 9.84 Å². The number of carbonyl (C=O) groups is 2. The summed E-state index contributed by atoms with van der Waals surface area (Å²) in [6, 6.07) is 14.5. The molecule has 2 amide bonds. The quantitative estimate of drug-likeness (QED) is 0.372. The van der Waals surface area contributed by atoms with Gasteiger partial charge in [0, 0.05) is 54.3 Å². The number of piperidine rings is 1. The lowest BCUT2D eigenvalue weighted by atomic mass is 9.97. The number of thiazole rings is 1. The number of nitrogens with one attached hydrogen (secondary N) is 2. The molecule has 0 spiro atoms. The zero-order chi connectivity index (χ0) is 26.0. The fourth-order valence-electron chi connectivity index (χ4n) is 4.64. The standard InChI is InChI=1S/C27H28N4O4S2/c1-37(34,35)21-8-6-18(7-9-21)15-29-26(33)24-17-36-27(30-24)19-10-12-31(13-11-19)25(32)14-20-16-28-23-5-3-2-4-22(20)23/h2-9,16-17,19,28H,10-15H2,1H3,(H,29,33). The zero-order valence-corrected chi connectivity index (χ0v) is 22.1. The van der Waals surface area contributed by atoms with E-state index in [0.717, 1.165) is 46.1 Å². The summed E-state index contributed by atoms with van der Waals surface area (Å²) < 4.78 is 23.2. The van der Waals surface area contributed by atoms with E-state index >= 15 is 0 Å². The predicted molar refractivity (Wildman–Crippen MR) is 143 cm³/mol. The van der Waals surface area contributed by atoms with Crippen molar-refractivity contribution in [2.75, 3.05) is 19.3 Å². The molecule has 2 aromatic carbocycles. The number of H-pyrrole nitrogens is 1. The number of aromatic nitrogens is 2. The summed E-state index contributed by atoms with van der Waals surface area (Å²) in [5, 5.41) is 6.63. The monoisotopic (exact) mass is 536 g/mol. The maximum Gasteiger partial charge on any atom is 0.271 e. The van der Waals surface area contributed by atoms with Crippen LogP contribution in [0.5, 0.6) is 0 Å². The van der Waals surface area contributed by atoms with Crippen LogP contribution in [0, 0.1) is 0 Å². The van der Waals surface area contributed by atoms with E-state index in [4.69, 9.17) is 0 Å². The van der Waals surface area contributed by atoms with Crippen LogP contribution in [0.3, 0.4) is 0 Å². The summed E-state index contributed by atoms with van der Waals surface area (Å²) in [5.74, 6) is 0.0974. The summed E-state index contributed by atoms with van der Waals surface area (Å²) in [6.45, 7) is 1.64. The van der Waals surface area contributed by atoms with E-state index < -0.39 is 9.84 Å². The summed E-state index contributed by atoms with van der Waals surface area (Å²) >= 11 is 1.48. The Hall–Kier alpha value is -3.50. The molecule has 0 saturated carbocycles. The highest BCUT2D eigenvalue weighted by Crippen LogP contribution is 2.31. The summed E-state index contributed by atoms with van der Waals surface area (Å²) in [6.07, 6.45) is 5.10. The van der Waals surface area contributed by atoms with Crippen LogP contribution < -0.4 is 5.32 Å². The van der Waals surface area contributed by atoms with Crippen molar-refractivity contribution in [3.8, 4) is 0 Å². The number of likely N-dealkylation sites (tertiary alicyclic amines) is 1. The topological polar surface area (TPSA) is 112 Å². The molecular weight excluding hydrogens is 508 g/mol. The molecule has 5 rings (SSSR count). The lowest BCUT2D eigenvalue weighted by molar-refractivity contribution is -0.131. The molecule has 0 bridgehead atoms. The van der Waals surface area contributed by atoms with Crippen molar-refractivity contribution in [2.24, 2.45) is 0 Å². The van der Waals surface area contributed by atoms with Crippen molar-refractivity contribution in [1.82, 2.24) is 20.2 Å². The van der Waals surface area contributed by atoms with Gasteiger partial charge in [-0.25, -0.2) is 13.4 Å². The first-order chi connectivity index (χ1) is 17.8. The van der Waals surface area contributed by atoms with Gasteiger partial charge in [0.25, 0.3) is 5.91 Å². The Labute approximate surface area is 219 Å². The third-order valence-electron chi connectivity index (χ3n) is 6.77. The SMILES string of the molecule is CS(=O)(=O)c1ccc(CNC(=O)c2csc(C3CCN(C(=O)Cc4c[nH]c5ccccc45)CC3)n2)cc1. The maximum absolute atomic E-state index is 12.9. The Morgan fingerprint density at radius 2 is 1.84 bits per heavy atom. The van der Waals surface area contributed by atoms with Crippen molar-refractivity contribution in [2.45, 2.75) is 36.6 Å². The number of amides is 2. The van der Waals surface area contributed by atoms with Gasteiger partial charge in [-0.2, -0.15) is 0 Å². The molecular formula is C27H28N4O4S2. The molecule has 4 aromatic rings. The maximum atomic E-state index is 12.9. The highest BCUT2D eigenvalue weighted by Gasteiger charge is 2.26. The second kappa shape index (κ2) is 10.5. The molecule has 192 valence electrons. The number of aromatic amines is 1. The van der Waals surface area contributed by atoms with Gasteiger partial charge in [-0.15, -0.1) is 11.3 Å². The molecule has 37 heavy (non-hydrogen) atoms. The lowest BCUT2D eigenvalue weighted by Crippen LogP contribution is -2.38. The Kier molecular flexibility index (Phi) is 7.12. The largest absolute Gasteiger partial charge is 0.361 e. The van der Waals surface area contributed by atoms with Gasteiger partial charge < -0.3 is 15.2 Å². The molecule has 1 aliphatic rings. The van der Waals surface area contributed by atoms with Gasteiger partial charge in [-0.3, -0.25) is 9.59 Å². The van der Waals surface area contributed by atoms with Gasteiger partial charge >= 0.3 is 0 Å². The van der Waals surface area contributed by atoms with Gasteiger partial charge in [-0.1, -0.05) is 30.3 Å². The van der Waals surface area contributed by atoms with E-state index in [9.17, 15) is 18.0 Å². The van der Waals surface area contributed by atoms with E-state index in [1.54, 1.807) is 17.5 Å². The normalized spacial score (nSPS) is 14.7. The Balaban J connectivity index is 1.12. The van der Waals surface area contributed by atoms with Crippen molar-refractivity contribution in [1.29, 1.82) is 0 Å². The summed E-state index contributed by atoms with van der Waals surface area (Å²) in [7, 11) is -3.25. The molecule has 2 N–H and O–H groups in total. The smallest absolute Gasteiger partial charge is 0.271 e. The first-order valence-corrected chi connectivity index (χ1v) is 14.9. The molecule has 0 aliphatic carbocycles. The minimum Gasteiger partial charge on any atom is -0.361 e. The van der Waals surface area contributed by atoms with Crippen LogP contribution in [-0.4, -0.2) is 54.4 Å². The third kappa shape index (κ3) is 5.75. The minimum absolute atomic E-state index is 0.131. The Morgan fingerprint density at radius 3 is 2.57 bits per heavy atom. The summed E-state index contributed by atoms with van der Waals surface area (Å²) in [4.78, 5) is 35.5. The predicted octanol–water partition coefficient (Wildman–Crippen LogP) is 3.91. The number of hydrogen-bond acceptors (Lipinski definition) is 6. The number of rotatable bonds is 7. The van der Waals surface area contributed by atoms with Crippen molar-refractivity contribution < 1.29 is 18.0 Å². The number of carbonyl (C=O) groups excluding carboxylic acids is 2. The highest BCUT2D eigenvalue weighted by atomic mass is 32.2. The molecule has 1 fully saturated rings. The third-order valence-corrected chi connectivity index (χ3v) is 8.91. The average Bonchev–Trinajstić information content (AvgIpc) is 3.55. The second-order valence-electron chi connectivity index (χ2n) is 9.36. The fourth-order valence-corrected chi connectivity index (χ4v) is 6.24. The molecule has 3 heterocycles. The molecule has 1 saturated heterocycles. The number of hydrogen-bond donors (Lipinski definition) is 2. The number of para-hydroxylation sites is 1. The minimum atomic E-state index is -3.25. The van der Waals surface area contributed by atoms with E-state index in [0.29, 0.717) is 25.2 Å². The molecule has 8 nitrogen and oxygen atoms in total. The first kappa shape index (κ1) is 25.2. The molecule has 10 heteroatoms. The van der Waals surface area contributed by atoms with Crippen LogP contribution >= 0.6 is 11.3 Å². The number of nitrogens with zero attached hydrogens (tertiary/aromatic N) is 2. The van der Waals surface area contributed by atoms with Crippen LogP contribution in [0.1, 0.15) is 45.4 Å². The highest BCUT2D eigenvalue weighted by molar-refractivity contribution is 7.90. The molecule has 0 atom stereocenters. The lowest BCUT2D eigenvalue weighted by Gasteiger charge is -2.31. The molecule has 0 radical (unpaired) electrons. The molecule has 1 aliphatic heterocycles. The van der Waals surface area contributed by atoms with Gasteiger partial charge in [0.1, 0.15) is 5.69 Å². The Morgan fingerprint density at radius 1 is 1.11 bits per heavy atom. The van der Waals surface area contributed by atoms with Gasteiger partial charge in [0.2, 0.25) is 5.91 Å². The molecule has 2 aromatic heterocycles. The second-order valence-corrected chi connectivity index (χ2v) is 12.3. The van der Waals surface area contributed by atoms with Crippen LogP contribution in [0.4, 0.5) is 0 Å². The van der Waals surface area contributed by atoms with Gasteiger partial charge in [-0.05, 0) is 42.2 Å². The van der Waals surface area contributed by atoms with Crippen molar-refractivity contribution in [3.05, 3.63) is 81.9 Å².